The van der Waals surface area contributed by atoms with Gasteiger partial charge in [-0.1, -0.05) is 28.1 Å². The molecule has 0 amide bonds. The minimum absolute atomic E-state index is 0.194. The van der Waals surface area contributed by atoms with Crippen molar-refractivity contribution in [3.63, 3.8) is 0 Å². The molecule has 1 heterocycles. The quantitative estimate of drug-likeness (QED) is 0.858. The van der Waals surface area contributed by atoms with E-state index in [1.54, 1.807) is 0 Å². The van der Waals surface area contributed by atoms with Crippen LogP contribution in [0.15, 0.2) is 33.7 Å². The normalized spacial score (nSPS) is 25.4. The van der Waals surface area contributed by atoms with Crippen LogP contribution in [0.1, 0.15) is 18.9 Å². The highest BCUT2D eigenvalue weighted by Crippen LogP contribution is 2.33. The maximum absolute atomic E-state index is 5.89. The van der Waals surface area contributed by atoms with Crippen LogP contribution in [0.5, 0.6) is 0 Å². The Morgan fingerprint density at radius 2 is 2.25 bits per heavy atom. The second kappa shape index (κ2) is 4.09. The van der Waals surface area contributed by atoms with E-state index in [0.717, 1.165) is 17.4 Å². The van der Waals surface area contributed by atoms with Crippen LogP contribution in [0.4, 0.5) is 0 Å². The lowest BCUT2D eigenvalue weighted by Crippen LogP contribution is -2.43. The van der Waals surface area contributed by atoms with E-state index in [1.807, 2.05) is 24.1 Å². The summed E-state index contributed by atoms with van der Waals surface area (Å²) in [5.74, 6) is 0.619. The minimum atomic E-state index is -0.194. The van der Waals surface area contributed by atoms with Crippen molar-refractivity contribution in [2.45, 2.75) is 18.9 Å². The highest BCUT2D eigenvalue weighted by Gasteiger charge is 2.30. The first-order valence-electron chi connectivity index (χ1n) is 5.34. The number of rotatable bonds is 1. The van der Waals surface area contributed by atoms with Crippen LogP contribution in [0.2, 0.25) is 0 Å². The van der Waals surface area contributed by atoms with Gasteiger partial charge in [-0.15, -0.1) is 0 Å². The molecule has 1 unspecified atom stereocenters. The van der Waals surface area contributed by atoms with Crippen molar-refractivity contribution in [2.24, 2.45) is 10.7 Å². The summed E-state index contributed by atoms with van der Waals surface area (Å²) >= 11 is 3.49. The molecule has 1 aromatic carbocycles. The number of halogens is 1. The zero-order chi connectivity index (χ0) is 11.8. The Balaban J connectivity index is 2.40. The molecule has 0 radical (unpaired) electrons. The zero-order valence-electron chi connectivity index (χ0n) is 9.57. The maximum atomic E-state index is 5.89. The SMILES string of the molecule is CN1CCC(C)(c2cccc(Br)c2)N=C1N. The third kappa shape index (κ3) is 2.07. The fourth-order valence-electron chi connectivity index (χ4n) is 1.93. The molecule has 4 heteroatoms. The van der Waals surface area contributed by atoms with E-state index in [4.69, 9.17) is 5.73 Å². The van der Waals surface area contributed by atoms with E-state index in [0.29, 0.717) is 5.96 Å². The second-order valence-electron chi connectivity index (χ2n) is 4.43. The van der Waals surface area contributed by atoms with Gasteiger partial charge in [-0.3, -0.25) is 0 Å². The van der Waals surface area contributed by atoms with Gasteiger partial charge in [-0.25, -0.2) is 4.99 Å². The summed E-state index contributed by atoms with van der Waals surface area (Å²) in [5.41, 5.74) is 6.91. The third-order valence-corrected chi connectivity index (χ3v) is 3.63. The van der Waals surface area contributed by atoms with Crippen LogP contribution in [0, 0.1) is 0 Å². The fraction of sp³-hybridized carbons (Fsp3) is 0.417. The molecule has 1 aromatic rings. The molecule has 86 valence electrons. The van der Waals surface area contributed by atoms with E-state index < -0.39 is 0 Å². The summed E-state index contributed by atoms with van der Waals surface area (Å²) in [4.78, 5) is 6.59. The highest BCUT2D eigenvalue weighted by atomic mass is 79.9. The standard InChI is InChI=1S/C12H16BrN3/c1-12(6-7-16(2)11(14)15-12)9-4-3-5-10(13)8-9/h3-5,8H,6-7H2,1-2H3,(H2,14,15). The van der Waals surface area contributed by atoms with Crippen LogP contribution in [-0.2, 0) is 5.54 Å². The van der Waals surface area contributed by atoms with Gasteiger partial charge in [-0.2, -0.15) is 0 Å². The van der Waals surface area contributed by atoms with Gasteiger partial charge < -0.3 is 10.6 Å². The monoisotopic (exact) mass is 281 g/mol. The fourth-order valence-corrected chi connectivity index (χ4v) is 2.33. The number of guanidine groups is 1. The number of aliphatic imine (C=N–C) groups is 1. The molecular formula is C12H16BrN3. The molecule has 1 aliphatic rings. The Bertz CT molecular complexity index is 430. The van der Waals surface area contributed by atoms with Gasteiger partial charge in [0.05, 0.1) is 5.54 Å². The van der Waals surface area contributed by atoms with Crippen molar-refractivity contribution in [1.82, 2.24) is 4.90 Å². The van der Waals surface area contributed by atoms with Gasteiger partial charge in [0, 0.05) is 18.1 Å². The molecular weight excluding hydrogens is 266 g/mol. The summed E-state index contributed by atoms with van der Waals surface area (Å²) < 4.78 is 1.08. The van der Waals surface area contributed by atoms with Crippen LogP contribution < -0.4 is 5.73 Å². The topological polar surface area (TPSA) is 41.6 Å². The molecule has 0 spiro atoms. The lowest BCUT2D eigenvalue weighted by atomic mass is 9.88. The van der Waals surface area contributed by atoms with Crippen LogP contribution >= 0.6 is 15.9 Å². The molecule has 0 aliphatic carbocycles. The number of hydrogen-bond acceptors (Lipinski definition) is 3. The van der Waals surface area contributed by atoms with E-state index >= 15 is 0 Å². The van der Waals surface area contributed by atoms with Crippen LogP contribution in [0.25, 0.3) is 0 Å². The molecule has 0 saturated heterocycles. The summed E-state index contributed by atoms with van der Waals surface area (Å²) in [7, 11) is 1.97. The predicted octanol–water partition coefficient (Wildman–Crippen LogP) is 2.31. The van der Waals surface area contributed by atoms with Gasteiger partial charge in [0.25, 0.3) is 0 Å². The van der Waals surface area contributed by atoms with Crippen molar-refractivity contribution in [3.05, 3.63) is 34.3 Å². The Hall–Kier alpha value is -1.03. The smallest absolute Gasteiger partial charge is 0.191 e. The predicted molar refractivity (Wildman–Crippen MR) is 70.4 cm³/mol. The van der Waals surface area contributed by atoms with E-state index in [-0.39, 0.29) is 5.54 Å². The van der Waals surface area contributed by atoms with Crippen molar-refractivity contribution in [1.29, 1.82) is 0 Å². The third-order valence-electron chi connectivity index (χ3n) is 3.13. The Labute approximate surface area is 104 Å². The molecule has 1 atom stereocenters. The zero-order valence-corrected chi connectivity index (χ0v) is 11.2. The van der Waals surface area contributed by atoms with Crippen molar-refractivity contribution in [2.75, 3.05) is 13.6 Å². The molecule has 16 heavy (non-hydrogen) atoms. The van der Waals surface area contributed by atoms with E-state index in [2.05, 4.69) is 40.0 Å². The van der Waals surface area contributed by atoms with Gasteiger partial charge in [0.1, 0.15) is 0 Å². The average Bonchev–Trinajstić information content (AvgIpc) is 2.24. The summed E-state index contributed by atoms with van der Waals surface area (Å²) in [5, 5.41) is 0. The van der Waals surface area contributed by atoms with Gasteiger partial charge >= 0.3 is 0 Å². The van der Waals surface area contributed by atoms with Crippen molar-refractivity contribution < 1.29 is 0 Å². The summed E-state index contributed by atoms with van der Waals surface area (Å²) in [6, 6.07) is 8.28. The summed E-state index contributed by atoms with van der Waals surface area (Å²) in [6.07, 6.45) is 0.987. The Morgan fingerprint density at radius 1 is 1.50 bits per heavy atom. The Morgan fingerprint density at radius 3 is 2.88 bits per heavy atom. The van der Waals surface area contributed by atoms with E-state index in [9.17, 15) is 0 Å². The Kier molecular flexibility index (Phi) is 2.93. The molecule has 0 fully saturated rings. The first-order valence-corrected chi connectivity index (χ1v) is 6.13. The van der Waals surface area contributed by atoms with Gasteiger partial charge in [0.2, 0.25) is 0 Å². The lowest BCUT2D eigenvalue weighted by Gasteiger charge is -2.35. The molecule has 3 nitrogen and oxygen atoms in total. The largest absolute Gasteiger partial charge is 0.370 e. The first-order chi connectivity index (χ1) is 7.51. The molecule has 0 aromatic heterocycles. The number of hydrogen-bond donors (Lipinski definition) is 1. The van der Waals surface area contributed by atoms with Crippen molar-refractivity contribution in [3.8, 4) is 0 Å². The van der Waals surface area contributed by atoms with Crippen LogP contribution in [-0.4, -0.2) is 24.5 Å². The first kappa shape index (κ1) is 11.5. The minimum Gasteiger partial charge on any atom is -0.370 e. The maximum Gasteiger partial charge on any atom is 0.191 e. The van der Waals surface area contributed by atoms with Crippen LogP contribution in [0.3, 0.4) is 0 Å². The van der Waals surface area contributed by atoms with Gasteiger partial charge in [-0.05, 0) is 31.0 Å². The second-order valence-corrected chi connectivity index (χ2v) is 5.34. The average molecular weight is 282 g/mol. The molecule has 1 aliphatic heterocycles. The summed E-state index contributed by atoms with van der Waals surface area (Å²) in [6.45, 7) is 3.08. The number of benzene rings is 1. The number of nitrogens with two attached hydrogens (primary N) is 1. The lowest BCUT2D eigenvalue weighted by molar-refractivity contribution is 0.339. The highest BCUT2D eigenvalue weighted by molar-refractivity contribution is 9.10. The van der Waals surface area contributed by atoms with Gasteiger partial charge in [0.15, 0.2) is 5.96 Å². The molecule has 0 saturated carbocycles. The molecule has 0 bridgehead atoms. The van der Waals surface area contributed by atoms with E-state index in [1.165, 1.54) is 5.56 Å². The van der Waals surface area contributed by atoms with Crippen molar-refractivity contribution >= 4 is 21.9 Å². The number of nitrogens with zero attached hydrogens (tertiary/aromatic N) is 2. The molecule has 2 N–H and O–H groups in total. The molecule has 2 rings (SSSR count).